The van der Waals surface area contributed by atoms with E-state index in [1.165, 1.54) is 0 Å². The molecule has 1 aliphatic rings. The summed E-state index contributed by atoms with van der Waals surface area (Å²) in [5, 5.41) is 8.92. The standard InChI is InChI=1S/C18H9ClF6O5/c19-12-6-8-5-11(16(26)27)15(17(20,21)22)29-13(8)7-14(12)28-9-1-3-10(4-2-9)30-18(23,24)25/h1-7,15H,(H,26,27). The zero-order valence-electron chi connectivity index (χ0n) is 14.3. The summed E-state index contributed by atoms with van der Waals surface area (Å²) in [4.78, 5) is 11.1. The molecule has 1 aliphatic heterocycles. The fourth-order valence-electron chi connectivity index (χ4n) is 2.53. The summed E-state index contributed by atoms with van der Waals surface area (Å²) in [6.07, 6.45) is -11.8. The molecule has 0 fully saturated rings. The summed E-state index contributed by atoms with van der Waals surface area (Å²) in [5.41, 5.74) is -1.03. The number of alkyl halides is 6. The summed E-state index contributed by atoms with van der Waals surface area (Å²) in [6.45, 7) is 0. The maximum Gasteiger partial charge on any atom is 0.573 e. The lowest BCUT2D eigenvalue weighted by Gasteiger charge is -2.27. The van der Waals surface area contributed by atoms with Crippen molar-refractivity contribution in [1.29, 1.82) is 0 Å². The van der Waals surface area contributed by atoms with Crippen LogP contribution >= 0.6 is 11.6 Å². The van der Waals surface area contributed by atoms with E-state index in [-0.39, 0.29) is 27.8 Å². The van der Waals surface area contributed by atoms with Gasteiger partial charge in [-0.3, -0.25) is 0 Å². The molecular weight excluding hydrogens is 446 g/mol. The molecule has 30 heavy (non-hydrogen) atoms. The van der Waals surface area contributed by atoms with Gasteiger partial charge in [-0.2, -0.15) is 13.2 Å². The largest absolute Gasteiger partial charge is 0.573 e. The van der Waals surface area contributed by atoms with E-state index < -0.39 is 35.9 Å². The van der Waals surface area contributed by atoms with Crippen LogP contribution in [0.1, 0.15) is 5.56 Å². The van der Waals surface area contributed by atoms with E-state index in [0.29, 0.717) is 0 Å². The molecule has 1 heterocycles. The van der Waals surface area contributed by atoms with E-state index in [0.717, 1.165) is 42.5 Å². The van der Waals surface area contributed by atoms with Gasteiger partial charge in [-0.1, -0.05) is 11.6 Å². The third kappa shape index (κ3) is 4.90. The molecule has 1 unspecified atom stereocenters. The minimum absolute atomic E-state index is 0.0105. The number of fused-ring (bicyclic) bond motifs is 1. The van der Waals surface area contributed by atoms with Crippen molar-refractivity contribution in [1.82, 2.24) is 0 Å². The Hall–Kier alpha value is -3.08. The van der Waals surface area contributed by atoms with Crippen LogP contribution in [-0.2, 0) is 4.79 Å². The third-order valence-corrected chi connectivity index (χ3v) is 4.03. The Morgan fingerprint density at radius 1 is 1.03 bits per heavy atom. The molecule has 3 rings (SSSR count). The van der Waals surface area contributed by atoms with Crippen LogP contribution in [0.25, 0.3) is 6.08 Å². The summed E-state index contributed by atoms with van der Waals surface area (Å²) in [7, 11) is 0. The minimum Gasteiger partial charge on any atom is -0.478 e. The summed E-state index contributed by atoms with van der Waals surface area (Å²) in [6, 6.07) is 6.34. The maximum atomic E-state index is 13.1. The first-order valence-electron chi connectivity index (χ1n) is 7.89. The summed E-state index contributed by atoms with van der Waals surface area (Å²) < 4.78 is 89.9. The predicted molar refractivity (Wildman–Crippen MR) is 90.7 cm³/mol. The van der Waals surface area contributed by atoms with Crippen LogP contribution in [0.3, 0.4) is 0 Å². The molecular formula is C18H9ClF6O5. The number of rotatable bonds is 4. The second kappa shape index (κ2) is 7.63. The highest BCUT2D eigenvalue weighted by Gasteiger charge is 2.48. The molecule has 160 valence electrons. The first kappa shape index (κ1) is 21.6. The number of carboxylic acid groups (broad SMARTS) is 1. The average molecular weight is 455 g/mol. The van der Waals surface area contributed by atoms with Crippen LogP contribution < -0.4 is 14.2 Å². The van der Waals surface area contributed by atoms with Crippen molar-refractivity contribution in [2.45, 2.75) is 18.6 Å². The molecule has 0 spiro atoms. The van der Waals surface area contributed by atoms with Gasteiger partial charge in [0.15, 0.2) is 0 Å². The summed E-state index contributed by atoms with van der Waals surface area (Å²) >= 11 is 6.03. The van der Waals surface area contributed by atoms with Gasteiger partial charge in [-0.25, -0.2) is 4.79 Å². The average Bonchev–Trinajstić information content (AvgIpc) is 2.61. The lowest BCUT2D eigenvalue weighted by atomic mass is 10.0. The van der Waals surface area contributed by atoms with Gasteiger partial charge in [0, 0.05) is 11.6 Å². The number of carbonyl (C=O) groups is 1. The van der Waals surface area contributed by atoms with Gasteiger partial charge in [0.25, 0.3) is 0 Å². The van der Waals surface area contributed by atoms with Gasteiger partial charge in [-0.15, -0.1) is 13.2 Å². The highest BCUT2D eigenvalue weighted by Crippen LogP contribution is 2.42. The number of ether oxygens (including phenoxy) is 3. The van der Waals surface area contributed by atoms with Crippen LogP contribution in [0.15, 0.2) is 42.0 Å². The van der Waals surface area contributed by atoms with E-state index in [4.69, 9.17) is 26.2 Å². The Kier molecular flexibility index (Phi) is 5.50. The molecule has 0 amide bonds. The summed E-state index contributed by atoms with van der Waals surface area (Å²) in [5.74, 6) is -2.79. The highest BCUT2D eigenvalue weighted by atomic mass is 35.5. The van der Waals surface area contributed by atoms with Gasteiger partial charge in [-0.05, 0) is 36.4 Å². The Morgan fingerprint density at radius 3 is 2.17 bits per heavy atom. The molecule has 0 saturated heterocycles. The van der Waals surface area contributed by atoms with Crippen molar-refractivity contribution in [2.75, 3.05) is 0 Å². The number of hydrogen-bond donors (Lipinski definition) is 1. The van der Waals surface area contributed by atoms with Crippen molar-refractivity contribution in [3.05, 3.63) is 52.6 Å². The predicted octanol–water partition coefficient (Wildman–Crippen LogP) is 5.82. The van der Waals surface area contributed by atoms with Crippen molar-refractivity contribution in [3.8, 4) is 23.0 Å². The molecule has 0 aliphatic carbocycles. The van der Waals surface area contributed by atoms with Gasteiger partial charge in [0.2, 0.25) is 6.10 Å². The second-order valence-electron chi connectivity index (χ2n) is 5.89. The zero-order valence-corrected chi connectivity index (χ0v) is 15.1. The fraction of sp³-hybridized carbons (Fsp3) is 0.167. The number of carboxylic acids is 1. The van der Waals surface area contributed by atoms with E-state index in [2.05, 4.69) is 4.74 Å². The molecule has 2 aromatic carbocycles. The van der Waals surface area contributed by atoms with Gasteiger partial charge in [0.05, 0.1) is 10.6 Å². The molecule has 0 saturated carbocycles. The van der Waals surface area contributed by atoms with Gasteiger partial charge < -0.3 is 19.3 Å². The lowest BCUT2D eigenvalue weighted by Crippen LogP contribution is -2.40. The number of benzene rings is 2. The lowest BCUT2D eigenvalue weighted by molar-refractivity contribution is -0.274. The zero-order chi connectivity index (χ0) is 22.3. The Balaban J connectivity index is 1.89. The van der Waals surface area contributed by atoms with Crippen molar-refractivity contribution in [3.63, 3.8) is 0 Å². The second-order valence-corrected chi connectivity index (χ2v) is 6.29. The van der Waals surface area contributed by atoms with E-state index in [1.54, 1.807) is 0 Å². The Morgan fingerprint density at radius 2 is 1.63 bits per heavy atom. The highest BCUT2D eigenvalue weighted by molar-refractivity contribution is 6.32. The molecule has 0 bridgehead atoms. The van der Waals surface area contributed by atoms with Crippen molar-refractivity contribution < 1.29 is 50.5 Å². The van der Waals surface area contributed by atoms with Gasteiger partial charge in [0.1, 0.15) is 23.0 Å². The maximum absolute atomic E-state index is 13.1. The van der Waals surface area contributed by atoms with Crippen LogP contribution in [-0.4, -0.2) is 29.7 Å². The normalized spacial score (nSPS) is 16.2. The SMILES string of the molecule is O=C(O)C1=Cc2cc(Cl)c(Oc3ccc(OC(F)(F)F)cc3)cc2OC1C(F)(F)F. The molecule has 5 nitrogen and oxygen atoms in total. The number of hydrogen-bond acceptors (Lipinski definition) is 4. The smallest absolute Gasteiger partial charge is 0.478 e. The van der Waals surface area contributed by atoms with Crippen LogP contribution in [0, 0.1) is 0 Å². The molecule has 0 radical (unpaired) electrons. The van der Waals surface area contributed by atoms with Crippen LogP contribution in [0.2, 0.25) is 5.02 Å². The fourth-order valence-corrected chi connectivity index (χ4v) is 2.74. The van der Waals surface area contributed by atoms with E-state index in [9.17, 15) is 31.1 Å². The molecule has 12 heteroatoms. The molecule has 2 aromatic rings. The number of halogens is 7. The van der Waals surface area contributed by atoms with Crippen LogP contribution in [0.4, 0.5) is 26.3 Å². The minimum atomic E-state index is -4.99. The monoisotopic (exact) mass is 454 g/mol. The molecule has 0 aromatic heterocycles. The molecule has 1 N–H and O–H groups in total. The van der Waals surface area contributed by atoms with E-state index >= 15 is 0 Å². The third-order valence-electron chi connectivity index (χ3n) is 3.73. The van der Waals surface area contributed by atoms with Crippen molar-refractivity contribution in [2.24, 2.45) is 0 Å². The first-order valence-corrected chi connectivity index (χ1v) is 8.27. The van der Waals surface area contributed by atoms with Gasteiger partial charge >= 0.3 is 18.5 Å². The Labute approximate surface area is 169 Å². The quantitative estimate of drug-likeness (QED) is 0.590. The first-order chi connectivity index (χ1) is 13.8. The van der Waals surface area contributed by atoms with Crippen molar-refractivity contribution >= 4 is 23.6 Å². The Bertz CT molecular complexity index is 998. The molecule has 1 atom stereocenters. The van der Waals surface area contributed by atoms with Crippen LogP contribution in [0.5, 0.6) is 23.0 Å². The number of aliphatic carboxylic acids is 1. The van der Waals surface area contributed by atoms with E-state index in [1.807, 2.05) is 0 Å². The topological polar surface area (TPSA) is 65.0 Å².